The topological polar surface area (TPSA) is 65.0 Å². The Balaban J connectivity index is 1.66. The molecule has 0 aliphatic carbocycles. The molecule has 1 aromatic rings. The first-order chi connectivity index (χ1) is 13.3. The summed E-state index contributed by atoms with van der Waals surface area (Å²) < 4.78 is 5.75. The van der Waals surface area contributed by atoms with E-state index in [0.717, 1.165) is 44.9 Å². The van der Waals surface area contributed by atoms with Gasteiger partial charge in [-0.15, -0.1) is 0 Å². The van der Waals surface area contributed by atoms with Crippen molar-refractivity contribution in [3.8, 4) is 5.75 Å². The number of hydrogen-bond acceptors (Lipinski definition) is 5. The standard InChI is InChI=1S/C22H37N3O3/c1-5-10-23-21(27)16-25-13-11-24(12-14-25)15-19(26)17-28-20-8-6-18(7-9-20)22(2,3)4/h6-9,19,26H,5,10-17H2,1-4H3,(H,23,27). The first kappa shape index (κ1) is 22.7. The third-order valence-corrected chi connectivity index (χ3v) is 5.04. The zero-order valence-electron chi connectivity index (χ0n) is 17.9. The fourth-order valence-corrected chi connectivity index (χ4v) is 3.25. The van der Waals surface area contributed by atoms with E-state index in [1.165, 1.54) is 5.56 Å². The van der Waals surface area contributed by atoms with E-state index < -0.39 is 6.10 Å². The average molecular weight is 392 g/mol. The van der Waals surface area contributed by atoms with Crippen LogP contribution in [0.5, 0.6) is 5.75 Å². The molecule has 6 heteroatoms. The van der Waals surface area contributed by atoms with Gasteiger partial charge in [-0.1, -0.05) is 39.8 Å². The van der Waals surface area contributed by atoms with Crippen LogP contribution in [0.25, 0.3) is 0 Å². The van der Waals surface area contributed by atoms with Crippen LogP contribution in [0.4, 0.5) is 0 Å². The lowest BCUT2D eigenvalue weighted by Gasteiger charge is -2.35. The van der Waals surface area contributed by atoms with Crippen molar-refractivity contribution in [2.75, 3.05) is 52.4 Å². The number of hydrogen-bond donors (Lipinski definition) is 2. The lowest BCUT2D eigenvalue weighted by molar-refractivity contribution is -0.122. The van der Waals surface area contributed by atoms with Crippen LogP contribution in [0, 0.1) is 0 Å². The molecule has 158 valence electrons. The highest BCUT2D eigenvalue weighted by atomic mass is 16.5. The Morgan fingerprint density at radius 1 is 1.14 bits per heavy atom. The molecular formula is C22H37N3O3. The van der Waals surface area contributed by atoms with Crippen LogP contribution in [0.3, 0.4) is 0 Å². The molecule has 1 fully saturated rings. The second kappa shape index (κ2) is 10.8. The number of piperazine rings is 1. The monoisotopic (exact) mass is 391 g/mol. The highest BCUT2D eigenvalue weighted by Gasteiger charge is 2.21. The molecule has 1 aliphatic rings. The number of aliphatic hydroxyl groups excluding tert-OH is 1. The summed E-state index contributed by atoms with van der Waals surface area (Å²) in [4.78, 5) is 16.2. The fourth-order valence-electron chi connectivity index (χ4n) is 3.25. The minimum atomic E-state index is -0.526. The predicted molar refractivity (Wildman–Crippen MR) is 113 cm³/mol. The van der Waals surface area contributed by atoms with E-state index in [1.54, 1.807) is 0 Å². The lowest BCUT2D eigenvalue weighted by Crippen LogP contribution is -2.51. The third-order valence-electron chi connectivity index (χ3n) is 5.04. The van der Waals surface area contributed by atoms with Gasteiger partial charge >= 0.3 is 0 Å². The highest BCUT2D eigenvalue weighted by molar-refractivity contribution is 5.77. The molecule has 1 atom stereocenters. The van der Waals surface area contributed by atoms with Crippen molar-refractivity contribution in [3.63, 3.8) is 0 Å². The van der Waals surface area contributed by atoms with Crippen molar-refractivity contribution in [2.24, 2.45) is 0 Å². The van der Waals surface area contributed by atoms with Crippen molar-refractivity contribution in [3.05, 3.63) is 29.8 Å². The van der Waals surface area contributed by atoms with Crippen molar-refractivity contribution in [1.29, 1.82) is 0 Å². The SMILES string of the molecule is CCCNC(=O)CN1CCN(CC(O)COc2ccc(C(C)(C)C)cc2)CC1. The molecule has 1 aromatic carbocycles. The maximum Gasteiger partial charge on any atom is 0.234 e. The molecule has 0 saturated carbocycles. The quantitative estimate of drug-likeness (QED) is 0.673. The number of ether oxygens (including phenoxy) is 1. The van der Waals surface area contributed by atoms with Gasteiger partial charge in [-0.05, 0) is 29.5 Å². The van der Waals surface area contributed by atoms with E-state index in [1.807, 2.05) is 12.1 Å². The van der Waals surface area contributed by atoms with Gasteiger partial charge in [-0.2, -0.15) is 0 Å². The van der Waals surface area contributed by atoms with Crippen molar-refractivity contribution >= 4 is 5.91 Å². The normalized spacial score (nSPS) is 17.3. The van der Waals surface area contributed by atoms with E-state index in [4.69, 9.17) is 4.74 Å². The van der Waals surface area contributed by atoms with Crippen LogP contribution in [0.15, 0.2) is 24.3 Å². The third kappa shape index (κ3) is 7.78. The van der Waals surface area contributed by atoms with Gasteiger partial charge in [0.2, 0.25) is 5.91 Å². The summed E-state index contributed by atoms with van der Waals surface area (Å²) in [5.41, 5.74) is 1.39. The fraction of sp³-hybridized carbons (Fsp3) is 0.682. The average Bonchev–Trinajstić information content (AvgIpc) is 2.66. The van der Waals surface area contributed by atoms with Gasteiger partial charge in [0, 0.05) is 39.3 Å². The Kier molecular flexibility index (Phi) is 8.73. The number of β-amino-alcohol motifs (C(OH)–C–C–N with tert-alkyl or cyclic N) is 1. The zero-order valence-corrected chi connectivity index (χ0v) is 17.9. The number of rotatable bonds is 9. The predicted octanol–water partition coefficient (Wildman–Crippen LogP) is 1.87. The van der Waals surface area contributed by atoms with Crippen molar-refractivity contribution < 1.29 is 14.6 Å². The van der Waals surface area contributed by atoms with E-state index in [2.05, 4.69) is 54.9 Å². The van der Waals surface area contributed by atoms with E-state index in [-0.39, 0.29) is 17.9 Å². The van der Waals surface area contributed by atoms with Gasteiger partial charge < -0.3 is 15.2 Å². The number of nitrogens with one attached hydrogen (secondary N) is 1. The summed E-state index contributed by atoms with van der Waals surface area (Å²) >= 11 is 0. The van der Waals surface area contributed by atoms with E-state index in [0.29, 0.717) is 13.1 Å². The Morgan fingerprint density at radius 3 is 2.32 bits per heavy atom. The summed E-state index contributed by atoms with van der Waals surface area (Å²) in [6, 6.07) is 8.10. The summed E-state index contributed by atoms with van der Waals surface area (Å²) in [6.07, 6.45) is 0.432. The molecule has 1 amide bonds. The summed E-state index contributed by atoms with van der Waals surface area (Å²) in [7, 11) is 0. The maximum absolute atomic E-state index is 11.8. The van der Waals surface area contributed by atoms with Gasteiger partial charge in [-0.25, -0.2) is 0 Å². The molecular weight excluding hydrogens is 354 g/mol. The number of amides is 1. The van der Waals surface area contributed by atoms with E-state index >= 15 is 0 Å². The summed E-state index contributed by atoms with van der Waals surface area (Å²) in [6.45, 7) is 14.1. The van der Waals surface area contributed by atoms with Crippen LogP contribution < -0.4 is 10.1 Å². The molecule has 1 saturated heterocycles. The van der Waals surface area contributed by atoms with E-state index in [9.17, 15) is 9.90 Å². The number of nitrogens with zero attached hydrogens (tertiary/aromatic N) is 2. The second-order valence-corrected chi connectivity index (χ2v) is 8.67. The van der Waals surface area contributed by atoms with Crippen LogP contribution in [-0.4, -0.2) is 79.3 Å². The van der Waals surface area contributed by atoms with Gasteiger partial charge in [0.05, 0.1) is 6.54 Å². The number of benzene rings is 1. The molecule has 1 unspecified atom stereocenters. The van der Waals surface area contributed by atoms with Crippen molar-refractivity contribution in [1.82, 2.24) is 15.1 Å². The van der Waals surface area contributed by atoms with Crippen LogP contribution >= 0.6 is 0 Å². The van der Waals surface area contributed by atoms with Crippen LogP contribution in [0.1, 0.15) is 39.7 Å². The molecule has 0 spiro atoms. The first-order valence-electron chi connectivity index (χ1n) is 10.4. The summed E-state index contributed by atoms with van der Waals surface area (Å²) in [5.74, 6) is 0.885. The highest BCUT2D eigenvalue weighted by Crippen LogP contribution is 2.24. The largest absolute Gasteiger partial charge is 0.491 e. The maximum atomic E-state index is 11.8. The molecule has 1 aliphatic heterocycles. The van der Waals surface area contributed by atoms with Gasteiger partial charge in [0.1, 0.15) is 18.5 Å². The molecule has 6 nitrogen and oxygen atoms in total. The second-order valence-electron chi connectivity index (χ2n) is 8.67. The molecule has 0 bridgehead atoms. The summed E-state index contributed by atoms with van der Waals surface area (Å²) in [5, 5.41) is 13.2. The Labute approximate surface area is 169 Å². The molecule has 2 N–H and O–H groups in total. The van der Waals surface area contributed by atoms with Crippen LogP contribution in [-0.2, 0) is 10.2 Å². The first-order valence-corrected chi connectivity index (χ1v) is 10.4. The molecule has 1 heterocycles. The zero-order chi connectivity index (χ0) is 20.6. The number of aliphatic hydroxyl groups is 1. The van der Waals surface area contributed by atoms with Crippen LogP contribution in [0.2, 0.25) is 0 Å². The Morgan fingerprint density at radius 2 is 1.75 bits per heavy atom. The minimum absolute atomic E-state index is 0.0983. The Hall–Kier alpha value is -1.63. The van der Waals surface area contributed by atoms with Crippen molar-refractivity contribution in [2.45, 2.75) is 45.6 Å². The molecule has 0 radical (unpaired) electrons. The minimum Gasteiger partial charge on any atom is -0.491 e. The lowest BCUT2D eigenvalue weighted by atomic mass is 9.87. The van der Waals surface area contributed by atoms with Gasteiger partial charge in [0.15, 0.2) is 0 Å². The molecule has 0 aromatic heterocycles. The smallest absolute Gasteiger partial charge is 0.234 e. The number of carbonyl (C=O) groups is 1. The molecule has 28 heavy (non-hydrogen) atoms. The molecule has 2 rings (SSSR count). The van der Waals surface area contributed by atoms with Gasteiger partial charge in [-0.3, -0.25) is 14.6 Å². The number of carbonyl (C=O) groups excluding carboxylic acids is 1. The Bertz CT molecular complexity index is 590. The van der Waals surface area contributed by atoms with Gasteiger partial charge in [0.25, 0.3) is 0 Å².